The predicted molar refractivity (Wildman–Crippen MR) is 154 cm³/mol. The fraction of sp³-hybridized carbons (Fsp3) is 0.111. The lowest BCUT2D eigenvalue weighted by Crippen LogP contribution is -1.96. The van der Waals surface area contributed by atoms with Crippen molar-refractivity contribution in [3.63, 3.8) is 0 Å². The number of hydrogen-bond acceptors (Lipinski definition) is 0. The van der Waals surface area contributed by atoms with Crippen LogP contribution in [0, 0.1) is 65.3 Å². The Morgan fingerprint density at radius 1 is 0.500 bits per heavy atom. The van der Waals surface area contributed by atoms with E-state index in [1.54, 1.807) is 12.1 Å². The van der Waals surface area contributed by atoms with Gasteiger partial charge >= 0.3 is 0 Å². The Hall–Kier alpha value is -4.90. The molecule has 0 aliphatic heterocycles. The summed E-state index contributed by atoms with van der Waals surface area (Å²) in [6, 6.07) is 13.8. The maximum Gasteiger partial charge on any atom is 0.194 e. The van der Waals surface area contributed by atoms with Crippen LogP contribution in [0.4, 0.5) is 35.1 Å². The smallest absolute Gasteiger partial charge is 0.194 e. The van der Waals surface area contributed by atoms with Crippen LogP contribution in [0.25, 0.3) is 33.4 Å². The summed E-state index contributed by atoms with van der Waals surface area (Å²) in [6.45, 7) is 3.47. The molecule has 222 valence electrons. The third-order valence-corrected chi connectivity index (χ3v) is 7.14. The highest BCUT2D eigenvalue weighted by atomic mass is 19.2. The van der Waals surface area contributed by atoms with Crippen molar-refractivity contribution < 1.29 is 35.1 Å². The molecule has 5 aromatic rings. The Labute approximate surface area is 248 Å². The maximum atomic E-state index is 15.1. The second kappa shape index (κ2) is 12.4. The molecule has 0 aliphatic carbocycles. The molecule has 0 radical (unpaired) electrons. The Kier molecular flexibility index (Phi) is 8.59. The first kappa shape index (κ1) is 30.6. The van der Waals surface area contributed by atoms with Gasteiger partial charge in [-0.15, -0.1) is 0 Å². The third kappa shape index (κ3) is 6.09. The molecule has 8 heteroatoms. The summed E-state index contributed by atoms with van der Waals surface area (Å²) in [5.74, 6) is -4.32. The summed E-state index contributed by atoms with van der Waals surface area (Å²) < 4.78 is 115. The summed E-state index contributed by atoms with van der Waals surface area (Å²) in [5, 5.41) is 0. The van der Waals surface area contributed by atoms with Gasteiger partial charge in [0, 0.05) is 22.3 Å². The van der Waals surface area contributed by atoms with Crippen LogP contribution in [0.1, 0.15) is 35.6 Å². The van der Waals surface area contributed by atoms with Crippen LogP contribution in [-0.2, 0) is 6.42 Å². The summed E-state index contributed by atoms with van der Waals surface area (Å²) in [6.07, 6.45) is 1.54. The van der Waals surface area contributed by atoms with Gasteiger partial charge in [-0.25, -0.2) is 35.1 Å². The van der Waals surface area contributed by atoms with Gasteiger partial charge in [-0.1, -0.05) is 49.5 Å². The van der Waals surface area contributed by atoms with Gasteiger partial charge < -0.3 is 0 Å². The van der Waals surface area contributed by atoms with E-state index in [4.69, 9.17) is 0 Å². The number of benzene rings is 5. The summed E-state index contributed by atoms with van der Waals surface area (Å²) in [4.78, 5) is 0. The van der Waals surface area contributed by atoms with Crippen LogP contribution in [0.15, 0.2) is 72.8 Å². The minimum atomic E-state index is -1.69. The zero-order chi connectivity index (χ0) is 31.7. The average molecular weight is 607 g/mol. The van der Waals surface area contributed by atoms with Gasteiger partial charge in [-0.2, -0.15) is 0 Å². The van der Waals surface area contributed by atoms with Crippen LogP contribution < -0.4 is 0 Å². The summed E-state index contributed by atoms with van der Waals surface area (Å²) in [7, 11) is 0. The molecular formula is C36H22F8. The van der Waals surface area contributed by atoms with Crippen molar-refractivity contribution in [2.45, 2.75) is 26.7 Å². The Morgan fingerprint density at radius 2 is 1.02 bits per heavy atom. The second-order valence-electron chi connectivity index (χ2n) is 10.2. The van der Waals surface area contributed by atoms with E-state index in [9.17, 15) is 22.0 Å². The van der Waals surface area contributed by atoms with E-state index in [1.807, 2.05) is 6.92 Å². The largest absolute Gasteiger partial charge is 0.206 e. The molecule has 44 heavy (non-hydrogen) atoms. The molecule has 0 saturated heterocycles. The molecule has 5 aromatic carbocycles. The maximum absolute atomic E-state index is 15.1. The van der Waals surface area contributed by atoms with Crippen molar-refractivity contribution in [3.8, 4) is 45.2 Å². The lowest BCUT2D eigenvalue weighted by molar-refractivity contribution is 0.447. The normalized spacial score (nSPS) is 11.0. The third-order valence-electron chi connectivity index (χ3n) is 7.14. The van der Waals surface area contributed by atoms with E-state index in [1.165, 1.54) is 31.2 Å². The zero-order valence-corrected chi connectivity index (χ0v) is 23.4. The Morgan fingerprint density at radius 3 is 1.64 bits per heavy atom. The van der Waals surface area contributed by atoms with Crippen molar-refractivity contribution in [1.29, 1.82) is 0 Å². The predicted octanol–water partition coefficient (Wildman–Crippen LogP) is 10.5. The molecule has 0 atom stereocenters. The SMILES string of the molecule is CCCc1ccc(-c2ccc(-c3cc(F)c(C#Cc4cc(F)c(-c5cc(F)c(F)c(F)c5)cc4C)c(F)c3)c(F)c2)c(F)c1. The van der Waals surface area contributed by atoms with Gasteiger partial charge in [0.2, 0.25) is 0 Å². The van der Waals surface area contributed by atoms with E-state index in [2.05, 4.69) is 11.8 Å². The molecule has 0 saturated carbocycles. The molecule has 0 spiro atoms. The molecule has 0 N–H and O–H groups in total. The lowest BCUT2D eigenvalue weighted by atomic mass is 9.97. The molecule has 0 aliphatic rings. The van der Waals surface area contributed by atoms with E-state index in [-0.39, 0.29) is 38.9 Å². The highest BCUT2D eigenvalue weighted by Crippen LogP contribution is 2.32. The van der Waals surface area contributed by atoms with Gasteiger partial charge in [-0.05, 0) is 89.7 Å². The van der Waals surface area contributed by atoms with Crippen LogP contribution in [0.3, 0.4) is 0 Å². The van der Waals surface area contributed by atoms with Crippen LogP contribution in [0.5, 0.6) is 0 Å². The first-order valence-corrected chi connectivity index (χ1v) is 13.5. The van der Waals surface area contributed by atoms with Gasteiger partial charge in [-0.3, -0.25) is 0 Å². The van der Waals surface area contributed by atoms with Crippen LogP contribution in [-0.4, -0.2) is 0 Å². The molecule has 0 bridgehead atoms. The van der Waals surface area contributed by atoms with E-state index >= 15 is 13.2 Å². The number of aryl methyl sites for hydroxylation is 2. The fourth-order valence-corrected chi connectivity index (χ4v) is 4.88. The fourth-order valence-electron chi connectivity index (χ4n) is 4.88. The molecule has 0 nitrogen and oxygen atoms in total. The molecule has 0 heterocycles. The number of hydrogen-bond donors (Lipinski definition) is 0. The molecule has 5 rings (SSSR count). The highest BCUT2D eigenvalue weighted by molar-refractivity contribution is 5.72. The first-order chi connectivity index (χ1) is 21.0. The first-order valence-electron chi connectivity index (χ1n) is 13.5. The van der Waals surface area contributed by atoms with Gasteiger partial charge in [0.05, 0.1) is 5.56 Å². The quantitative estimate of drug-likeness (QED) is 0.106. The van der Waals surface area contributed by atoms with Crippen molar-refractivity contribution in [2.24, 2.45) is 0 Å². The van der Waals surface area contributed by atoms with Crippen molar-refractivity contribution in [3.05, 3.63) is 142 Å². The van der Waals surface area contributed by atoms with E-state index in [0.717, 1.165) is 36.2 Å². The molecule has 0 unspecified atom stereocenters. The van der Waals surface area contributed by atoms with Crippen molar-refractivity contribution in [1.82, 2.24) is 0 Å². The van der Waals surface area contributed by atoms with Crippen LogP contribution >= 0.6 is 0 Å². The second-order valence-corrected chi connectivity index (χ2v) is 10.2. The van der Waals surface area contributed by atoms with Crippen molar-refractivity contribution >= 4 is 0 Å². The minimum absolute atomic E-state index is 0.0359. The van der Waals surface area contributed by atoms with Crippen LogP contribution in [0.2, 0.25) is 0 Å². The Balaban J connectivity index is 1.43. The Bertz CT molecular complexity index is 1940. The molecule has 0 amide bonds. The minimum Gasteiger partial charge on any atom is -0.206 e. The lowest BCUT2D eigenvalue weighted by Gasteiger charge is -2.10. The standard InChI is InChI=1S/C36H22F8/c1-3-4-20-5-8-25(29(37)12-20)22-7-9-26(30(38)14-22)23-15-31(39)27(32(40)16-23)10-6-21-13-33(41)28(11-19(21)2)24-17-34(42)36(44)35(43)18-24/h5,7-9,11-18H,3-4H2,1-2H3. The number of halogens is 8. The summed E-state index contributed by atoms with van der Waals surface area (Å²) in [5.41, 5.74) is 0.274. The molecule has 0 aromatic heterocycles. The highest BCUT2D eigenvalue weighted by Gasteiger charge is 2.17. The number of rotatable bonds is 5. The van der Waals surface area contributed by atoms with E-state index in [0.29, 0.717) is 24.1 Å². The van der Waals surface area contributed by atoms with Gasteiger partial charge in [0.1, 0.15) is 29.1 Å². The average Bonchev–Trinajstić information content (AvgIpc) is 2.97. The zero-order valence-electron chi connectivity index (χ0n) is 23.4. The molecule has 0 fully saturated rings. The summed E-state index contributed by atoms with van der Waals surface area (Å²) >= 11 is 0. The van der Waals surface area contributed by atoms with Crippen molar-refractivity contribution in [2.75, 3.05) is 0 Å². The molecular weight excluding hydrogens is 584 g/mol. The monoisotopic (exact) mass is 606 g/mol. The van der Waals surface area contributed by atoms with Gasteiger partial charge in [0.15, 0.2) is 17.5 Å². The van der Waals surface area contributed by atoms with E-state index < -0.39 is 52.1 Å². The van der Waals surface area contributed by atoms with Gasteiger partial charge in [0.25, 0.3) is 0 Å². The topological polar surface area (TPSA) is 0 Å².